The molecular weight excluding hydrogens is 373 g/mol. The second-order valence-electron chi connectivity index (χ2n) is 6.28. The predicted molar refractivity (Wildman–Crippen MR) is 100.0 cm³/mol. The van der Waals surface area contributed by atoms with E-state index >= 15 is 0 Å². The number of pyridine rings is 1. The van der Waals surface area contributed by atoms with E-state index in [1.54, 1.807) is 18.2 Å². The maximum atomic E-state index is 13.9. The van der Waals surface area contributed by atoms with Crippen LogP contribution in [0.15, 0.2) is 36.5 Å². The molecule has 1 aromatic heterocycles. The molecule has 0 unspecified atom stereocenters. The number of hydrogen-bond donors (Lipinski definition) is 2. The van der Waals surface area contributed by atoms with Crippen LogP contribution < -0.4 is 10.6 Å². The van der Waals surface area contributed by atoms with Crippen molar-refractivity contribution in [3.8, 4) is 0 Å². The van der Waals surface area contributed by atoms with Crippen molar-refractivity contribution >= 4 is 27.6 Å². The number of aryl methyl sites for hydroxylation is 1. The van der Waals surface area contributed by atoms with Crippen LogP contribution in [0.1, 0.15) is 11.3 Å². The van der Waals surface area contributed by atoms with Crippen LogP contribution in [0.5, 0.6) is 0 Å². The number of rotatable bonds is 4. The van der Waals surface area contributed by atoms with Crippen LogP contribution in [0.25, 0.3) is 0 Å². The molecule has 27 heavy (non-hydrogen) atoms. The minimum Gasteiger partial charge on any atom is -0.308 e. The lowest BCUT2D eigenvalue weighted by Crippen LogP contribution is -2.30. The number of carbonyl (C=O) groups is 1. The number of amides is 2. The summed E-state index contributed by atoms with van der Waals surface area (Å²) in [5, 5.41) is 5.15. The van der Waals surface area contributed by atoms with E-state index < -0.39 is 22.1 Å². The molecule has 1 aromatic carbocycles. The molecule has 0 radical (unpaired) electrons. The fourth-order valence-electron chi connectivity index (χ4n) is 2.69. The van der Waals surface area contributed by atoms with Gasteiger partial charge >= 0.3 is 6.03 Å². The number of nitrogens with one attached hydrogen (secondary N) is 2. The van der Waals surface area contributed by atoms with Gasteiger partial charge in [0.2, 0.25) is 0 Å². The van der Waals surface area contributed by atoms with Crippen molar-refractivity contribution in [2.75, 3.05) is 30.8 Å². The first-order chi connectivity index (χ1) is 12.7. The summed E-state index contributed by atoms with van der Waals surface area (Å²) in [5.41, 5.74) is 1.99. The first-order valence-corrected chi connectivity index (χ1v) is 9.65. The molecule has 3 rings (SSSR count). The third-order valence-corrected chi connectivity index (χ3v) is 6.06. The molecule has 0 aliphatic carbocycles. The Morgan fingerprint density at radius 3 is 2.56 bits per heavy atom. The molecule has 1 saturated heterocycles. The Kier molecular flexibility index (Phi) is 5.40. The minimum absolute atomic E-state index is 0.0304. The summed E-state index contributed by atoms with van der Waals surface area (Å²) < 4.78 is 40.7. The standard InChI is InChI=1S/C17H20FN5O3S/c1-12-3-4-15(10-19-12)20-17(24)21-16-8-13(7-14(18)9-16)11-23-6-5-22(2)27(23,25)26/h3-4,7-10H,5-6,11H2,1-2H3,(H2,20,21,24). The van der Waals surface area contributed by atoms with Crippen LogP contribution in [-0.2, 0) is 16.8 Å². The van der Waals surface area contributed by atoms with Gasteiger partial charge in [-0.1, -0.05) is 0 Å². The normalized spacial score (nSPS) is 17.0. The van der Waals surface area contributed by atoms with Crippen LogP contribution in [0.4, 0.5) is 20.6 Å². The number of halogens is 1. The highest BCUT2D eigenvalue weighted by Crippen LogP contribution is 2.21. The van der Waals surface area contributed by atoms with Gasteiger partial charge in [0, 0.05) is 38.1 Å². The topological polar surface area (TPSA) is 94.6 Å². The van der Waals surface area contributed by atoms with Crippen molar-refractivity contribution in [1.29, 1.82) is 0 Å². The SMILES string of the molecule is Cc1ccc(NC(=O)Nc2cc(F)cc(CN3CCN(C)S3(=O)=O)c2)cn1. The van der Waals surface area contributed by atoms with Crippen molar-refractivity contribution in [1.82, 2.24) is 13.6 Å². The zero-order valence-corrected chi connectivity index (χ0v) is 15.8. The van der Waals surface area contributed by atoms with E-state index in [1.165, 1.54) is 34.0 Å². The quantitative estimate of drug-likeness (QED) is 0.832. The van der Waals surface area contributed by atoms with Gasteiger partial charge in [-0.05, 0) is 42.8 Å². The van der Waals surface area contributed by atoms with Gasteiger partial charge in [0.15, 0.2) is 0 Å². The monoisotopic (exact) mass is 393 g/mol. The number of nitrogens with zero attached hydrogens (tertiary/aromatic N) is 3. The lowest BCUT2D eigenvalue weighted by molar-refractivity contribution is 0.262. The summed E-state index contributed by atoms with van der Waals surface area (Å²) in [6.45, 7) is 2.58. The molecule has 10 heteroatoms. The molecular formula is C17H20FN5O3S. The molecule has 1 aliphatic heterocycles. The van der Waals surface area contributed by atoms with E-state index in [1.807, 2.05) is 6.92 Å². The van der Waals surface area contributed by atoms with Crippen molar-refractivity contribution in [3.63, 3.8) is 0 Å². The molecule has 2 heterocycles. The van der Waals surface area contributed by atoms with E-state index in [0.29, 0.717) is 24.3 Å². The summed E-state index contributed by atoms with van der Waals surface area (Å²) in [6.07, 6.45) is 1.51. The van der Waals surface area contributed by atoms with Crippen LogP contribution in [0.2, 0.25) is 0 Å². The van der Waals surface area contributed by atoms with Crippen LogP contribution in [-0.4, -0.2) is 48.2 Å². The summed E-state index contributed by atoms with van der Waals surface area (Å²) in [7, 11) is -2.02. The molecule has 0 spiro atoms. The van der Waals surface area contributed by atoms with Crippen LogP contribution in [0.3, 0.4) is 0 Å². The second kappa shape index (κ2) is 7.59. The first-order valence-electron chi connectivity index (χ1n) is 8.25. The molecule has 1 aliphatic rings. The molecule has 2 N–H and O–H groups in total. The molecule has 0 bridgehead atoms. The van der Waals surface area contributed by atoms with E-state index in [0.717, 1.165) is 5.69 Å². The van der Waals surface area contributed by atoms with E-state index in [4.69, 9.17) is 0 Å². The third-order valence-electron chi connectivity index (χ3n) is 4.13. The fraction of sp³-hybridized carbons (Fsp3) is 0.294. The average Bonchev–Trinajstić information content (AvgIpc) is 2.83. The van der Waals surface area contributed by atoms with Gasteiger partial charge in [-0.25, -0.2) is 9.18 Å². The molecule has 1 fully saturated rings. The Balaban J connectivity index is 1.70. The van der Waals surface area contributed by atoms with E-state index in [-0.39, 0.29) is 12.2 Å². The van der Waals surface area contributed by atoms with Gasteiger partial charge in [-0.2, -0.15) is 17.0 Å². The Bertz CT molecular complexity index is 950. The summed E-state index contributed by atoms with van der Waals surface area (Å²) >= 11 is 0. The third kappa shape index (κ3) is 4.59. The van der Waals surface area contributed by atoms with E-state index in [9.17, 15) is 17.6 Å². The van der Waals surface area contributed by atoms with E-state index in [2.05, 4.69) is 15.6 Å². The molecule has 144 valence electrons. The van der Waals surface area contributed by atoms with Crippen molar-refractivity contribution in [2.45, 2.75) is 13.5 Å². The number of carbonyl (C=O) groups excluding carboxylic acids is 1. The predicted octanol–water partition coefficient (Wildman–Crippen LogP) is 2.17. The Labute approximate surface area is 157 Å². The van der Waals surface area contributed by atoms with Gasteiger partial charge < -0.3 is 10.6 Å². The molecule has 8 nitrogen and oxygen atoms in total. The van der Waals surface area contributed by atoms with Gasteiger partial charge in [0.05, 0.1) is 11.9 Å². The number of aromatic nitrogens is 1. The highest BCUT2D eigenvalue weighted by molar-refractivity contribution is 7.86. The smallest absolute Gasteiger partial charge is 0.308 e. The van der Waals surface area contributed by atoms with Gasteiger partial charge in [-0.15, -0.1) is 0 Å². The Hall–Kier alpha value is -2.56. The lowest BCUT2D eigenvalue weighted by Gasteiger charge is -2.16. The number of anilines is 2. The molecule has 2 amide bonds. The maximum absolute atomic E-state index is 13.9. The second-order valence-corrected chi connectivity index (χ2v) is 8.31. The van der Waals surface area contributed by atoms with Crippen molar-refractivity contribution in [3.05, 3.63) is 53.6 Å². The van der Waals surface area contributed by atoms with Gasteiger partial charge in [0.1, 0.15) is 5.82 Å². The largest absolute Gasteiger partial charge is 0.323 e. The Morgan fingerprint density at radius 2 is 1.93 bits per heavy atom. The van der Waals surface area contributed by atoms with Crippen molar-refractivity contribution < 1.29 is 17.6 Å². The summed E-state index contributed by atoms with van der Waals surface area (Å²) in [5.74, 6) is -0.565. The van der Waals surface area contributed by atoms with Crippen LogP contribution in [0, 0.1) is 12.7 Å². The number of hydrogen-bond acceptors (Lipinski definition) is 4. The van der Waals surface area contributed by atoms with Gasteiger partial charge in [0.25, 0.3) is 10.2 Å². The van der Waals surface area contributed by atoms with Crippen molar-refractivity contribution in [2.24, 2.45) is 0 Å². The summed E-state index contributed by atoms with van der Waals surface area (Å²) in [6, 6.07) is 6.87. The number of urea groups is 1. The molecule has 0 atom stereocenters. The number of benzene rings is 1. The fourth-order valence-corrected chi connectivity index (χ4v) is 4.02. The van der Waals surface area contributed by atoms with Crippen LogP contribution >= 0.6 is 0 Å². The average molecular weight is 393 g/mol. The zero-order chi connectivity index (χ0) is 19.6. The zero-order valence-electron chi connectivity index (χ0n) is 14.9. The highest BCUT2D eigenvalue weighted by atomic mass is 32.2. The maximum Gasteiger partial charge on any atom is 0.323 e. The lowest BCUT2D eigenvalue weighted by atomic mass is 10.2. The molecule has 0 saturated carbocycles. The Morgan fingerprint density at radius 1 is 1.19 bits per heavy atom. The minimum atomic E-state index is -3.52. The first kappa shape index (κ1) is 19.2. The molecule has 2 aromatic rings. The number of likely N-dealkylation sites (N-methyl/N-ethyl adjacent to an activating group) is 1. The summed E-state index contributed by atoms with van der Waals surface area (Å²) in [4.78, 5) is 16.2. The highest BCUT2D eigenvalue weighted by Gasteiger charge is 2.33. The van der Waals surface area contributed by atoms with Gasteiger partial charge in [-0.3, -0.25) is 4.98 Å².